The van der Waals surface area contributed by atoms with Crippen LogP contribution in [0.1, 0.15) is 30.4 Å². The lowest BCUT2D eigenvalue weighted by molar-refractivity contribution is -0.126. The number of rotatable bonds is 2. The normalized spacial score (nSPS) is 20.4. The van der Waals surface area contributed by atoms with Crippen molar-refractivity contribution in [3.63, 3.8) is 0 Å². The van der Waals surface area contributed by atoms with Gasteiger partial charge in [0.15, 0.2) is 0 Å². The number of nitrogens with one attached hydrogen (secondary N) is 1. The first-order valence-electron chi connectivity index (χ1n) is 11.0. The Morgan fingerprint density at radius 1 is 1.09 bits per heavy atom. The Balaban J connectivity index is 1.37. The van der Waals surface area contributed by atoms with Gasteiger partial charge < -0.3 is 4.90 Å². The number of aliphatic imine (C=N–C) groups is 1. The van der Waals surface area contributed by atoms with E-state index in [0.717, 1.165) is 34.4 Å². The molecule has 2 aromatic rings. The van der Waals surface area contributed by atoms with Crippen molar-refractivity contribution in [3.8, 4) is 11.1 Å². The van der Waals surface area contributed by atoms with Crippen LogP contribution in [0.4, 0.5) is 4.39 Å². The zero-order valence-corrected chi connectivity index (χ0v) is 17.5. The molecule has 0 saturated heterocycles. The van der Waals surface area contributed by atoms with Gasteiger partial charge >= 0.3 is 0 Å². The van der Waals surface area contributed by atoms with Crippen molar-refractivity contribution in [1.82, 2.24) is 25.4 Å². The monoisotopic (exact) mass is 430 g/mol. The van der Waals surface area contributed by atoms with Gasteiger partial charge in [-0.25, -0.2) is 9.99 Å². The van der Waals surface area contributed by atoms with Gasteiger partial charge in [-0.05, 0) is 48.9 Å². The lowest BCUT2D eigenvalue weighted by Crippen LogP contribution is -2.49. The number of halogens is 1. The average Bonchev–Trinajstić information content (AvgIpc) is 3.17. The number of hydrogen-bond donors (Lipinski definition) is 1. The molecule has 4 heterocycles. The number of amides is 1. The van der Waals surface area contributed by atoms with E-state index in [9.17, 15) is 9.18 Å². The minimum absolute atomic E-state index is 0.00947. The van der Waals surface area contributed by atoms with Crippen LogP contribution in [0.2, 0.25) is 0 Å². The summed E-state index contributed by atoms with van der Waals surface area (Å²) in [6, 6.07) is 9.67. The Morgan fingerprint density at radius 3 is 2.75 bits per heavy atom. The third kappa shape index (κ3) is 3.18. The number of amidine groups is 1. The predicted molar refractivity (Wildman–Crippen MR) is 119 cm³/mol. The van der Waals surface area contributed by atoms with Gasteiger partial charge in [0.25, 0.3) is 0 Å². The van der Waals surface area contributed by atoms with Crippen molar-refractivity contribution in [3.05, 3.63) is 72.1 Å². The van der Waals surface area contributed by atoms with Crippen molar-refractivity contribution >= 4 is 17.4 Å². The van der Waals surface area contributed by atoms with Crippen molar-refractivity contribution in [2.75, 3.05) is 13.1 Å². The fourth-order valence-electron chi connectivity index (χ4n) is 4.68. The number of pyridine rings is 1. The number of hydrogen-bond acceptors (Lipinski definition) is 6. The second kappa shape index (κ2) is 7.56. The molecule has 1 aliphatic carbocycles. The number of fused-ring (bicyclic) bond motifs is 3. The first-order chi connectivity index (χ1) is 15.7. The van der Waals surface area contributed by atoms with Crippen LogP contribution in [-0.4, -0.2) is 50.8 Å². The van der Waals surface area contributed by atoms with Crippen LogP contribution in [0.25, 0.3) is 16.8 Å². The van der Waals surface area contributed by atoms with Crippen LogP contribution in [0, 0.1) is 5.95 Å². The molecule has 0 unspecified atom stereocenters. The zero-order chi connectivity index (χ0) is 21.7. The van der Waals surface area contributed by atoms with Gasteiger partial charge in [-0.15, -0.1) is 5.53 Å². The summed E-state index contributed by atoms with van der Waals surface area (Å²) in [7, 11) is 0. The molecule has 1 fully saturated rings. The summed E-state index contributed by atoms with van der Waals surface area (Å²) in [6.45, 7) is 0.700. The van der Waals surface area contributed by atoms with E-state index >= 15 is 0 Å². The first kappa shape index (κ1) is 19.2. The van der Waals surface area contributed by atoms with Crippen molar-refractivity contribution in [1.29, 1.82) is 0 Å². The Hall–Kier alpha value is -3.52. The Labute approximate surface area is 185 Å². The van der Waals surface area contributed by atoms with E-state index in [4.69, 9.17) is 0 Å². The summed E-state index contributed by atoms with van der Waals surface area (Å²) in [4.78, 5) is 23.1. The minimum atomic E-state index is -0.496. The van der Waals surface area contributed by atoms with E-state index in [1.807, 2.05) is 46.6 Å². The summed E-state index contributed by atoms with van der Waals surface area (Å²) in [6.07, 6.45) is 11.9. The second-order valence-corrected chi connectivity index (χ2v) is 8.46. The molecule has 3 aliphatic heterocycles. The van der Waals surface area contributed by atoms with E-state index in [0.29, 0.717) is 18.4 Å². The van der Waals surface area contributed by atoms with Gasteiger partial charge in [0, 0.05) is 48.4 Å². The molecule has 6 rings (SSSR count). The first-order valence-corrected chi connectivity index (χ1v) is 11.0. The lowest BCUT2D eigenvalue weighted by atomic mass is 9.89. The Kier molecular flexibility index (Phi) is 4.53. The molecule has 1 saturated carbocycles. The van der Waals surface area contributed by atoms with E-state index in [-0.39, 0.29) is 12.5 Å². The third-order valence-electron chi connectivity index (χ3n) is 6.62. The Morgan fingerprint density at radius 2 is 1.97 bits per heavy atom. The summed E-state index contributed by atoms with van der Waals surface area (Å²) >= 11 is 0. The van der Waals surface area contributed by atoms with E-state index in [1.165, 1.54) is 25.3 Å². The van der Waals surface area contributed by atoms with Gasteiger partial charge in [-0.3, -0.25) is 14.8 Å². The maximum atomic E-state index is 13.3. The average molecular weight is 430 g/mol. The van der Waals surface area contributed by atoms with E-state index in [1.54, 1.807) is 12.3 Å². The quantitative estimate of drug-likeness (QED) is 0.742. The van der Waals surface area contributed by atoms with Crippen LogP contribution in [0.3, 0.4) is 0 Å². The molecule has 162 valence electrons. The highest BCUT2D eigenvalue weighted by Crippen LogP contribution is 2.36. The predicted octanol–water partition coefficient (Wildman–Crippen LogP) is 3.09. The van der Waals surface area contributed by atoms with Crippen LogP contribution >= 0.6 is 0 Å². The van der Waals surface area contributed by atoms with Crippen LogP contribution in [-0.2, 0) is 11.2 Å². The standard InChI is InChI=1S/C24H23FN6O/c25-22-8-7-16(14-26-22)18-5-2-6-20-19(18)9-10-29-21(20)13-23(27-15-24(29)32)31-12-11-30(28-31)17-3-1-4-17/h2,5-8,11-14,17,28H,1,3-4,9-10,15H2. The smallest absolute Gasteiger partial charge is 0.248 e. The van der Waals surface area contributed by atoms with Gasteiger partial charge in [-0.1, -0.05) is 18.2 Å². The fourth-order valence-corrected chi connectivity index (χ4v) is 4.68. The largest absolute Gasteiger partial charge is 0.310 e. The zero-order valence-electron chi connectivity index (χ0n) is 17.5. The fraction of sp³-hybridized carbons (Fsp3) is 0.292. The SMILES string of the molecule is O=C1CN=C(N2C=CN(C3CCC3)N2)C=C2c3cccc(-c4ccc(F)nc4)c3CCN12. The number of aromatic nitrogens is 1. The summed E-state index contributed by atoms with van der Waals surface area (Å²) in [5.74, 6) is 0.199. The number of hydrazine groups is 2. The van der Waals surface area contributed by atoms with Crippen LogP contribution in [0.5, 0.6) is 0 Å². The molecule has 1 N–H and O–H groups in total. The van der Waals surface area contributed by atoms with Gasteiger partial charge in [0.1, 0.15) is 12.4 Å². The number of benzene rings is 1. The molecule has 0 bridgehead atoms. The van der Waals surface area contributed by atoms with Crippen molar-refractivity contribution < 1.29 is 9.18 Å². The third-order valence-corrected chi connectivity index (χ3v) is 6.62. The van der Waals surface area contributed by atoms with Gasteiger partial charge in [0.05, 0.1) is 5.70 Å². The lowest BCUT2D eigenvalue weighted by Gasteiger charge is -2.35. The van der Waals surface area contributed by atoms with Crippen molar-refractivity contribution in [2.45, 2.75) is 31.7 Å². The van der Waals surface area contributed by atoms with E-state index in [2.05, 4.69) is 20.5 Å². The Bertz CT molecular complexity index is 1170. The highest BCUT2D eigenvalue weighted by molar-refractivity contribution is 6.06. The van der Waals surface area contributed by atoms with Crippen LogP contribution < -0.4 is 5.53 Å². The summed E-state index contributed by atoms with van der Waals surface area (Å²) in [5, 5.41) is 3.99. The molecule has 1 aromatic carbocycles. The molecule has 8 heteroatoms. The molecule has 7 nitrogen and oxygen atoms in total. The highest BCUT2D eigenvalue weighted by atomic mass is 19.1. The highest BCUT2D eigenvalue weighted by Gasteiger charge is 2.32. The minimum Gasteiger partial charge on any atom is -0.310 e. The molecule has 4 aliphatic rings. The molecule has 1 amide bonds. The molecule has 0 atom stereocenters. The van der Waals surface area contributed by atoms with E-state index < -0.39 is 5.95 Å². The van der Waals surface area contributed by atoms with Crippen LogP contribution in [0.15, 0.2) is 60.0 Å². The maximum absolute atomic E-state index is 13.3. The number of carbonyl (C=O) groups is 1. The molecular weight excluding hydrogens is 407 g/mol. The van der Waals surface area contributed by atoms with Crippen molar-refractivity contribution in [2.24, 2.45) is 4.99 Å². The topological polar surface area (TPSA) is 64.1 Å². The molecule has 32 heavy (non-hydrogen) atoms. The summed E-state index contributed by atoms with van der Waals surface area (Å²) < 4.78 is 13.3. The number of nitrogens with zero attached hydrogens (tertiary/aromatic N) is 5. The molecule has 1 aromatic heterocycles. The second-order valence-electron chi connectivity index (χ2n) is 8.46. The maximum Gasteiger partial charge on any atom is 0.248 e. The van der Waals surface area contributed by atoms with Gasteiger partial charge in [0.2, 0.25) is 11.9 Å². The number of carbonyl (C=O) groups excluding carboxylic acids is 1. The molecular formula is C24H23FN6O. The van der Waals surface area contributed by atoms with Gasteiger partial charge in [-0.2, -0.15) is 4.39 Å². The molecule has 0 radical (unpaired) electrons. The summed E-state index contributed by atoms with van der Waals surface area (Å²) in [5.41, 5.74) is 8.24. The molecule has 0 spiro atoms.